The number of hydrogen-bond acceptors (Lipinski definition) is 3. The van der Waals surface area contributed by atoms with Crippen molar-refractivity contribution in [2.45, 2.75) is 13.2 Å². The monoisotopic (exact) mass is 297 g/mol. The average Bonchev–Trinajstić information content (AvgIpc) is 2.46. The van der Waals surface area contributed by atoms with Gasteiger partial charge in [0.05, 0.1) is 12.8 Å². The first-order valence-electron chi connectivity index (χ1n) is 6.20. The summed E-state index contributed by atoms with van der Waals surface area (Å²) in [6.07, 6.45) is 0. The van der Waals surface area contributed by atoms with E-state index in [1.165, 1.54) is 25.3 Å². The predicted molar refractivity (Wildman–Crippen MR) is 73.4 cm³/mol. The van der Waals surface area contributed by atoms with Gasteiger partial charge in [0.2, 0.25) is 0 Å². The van der Waals surface area contributed by atoms with Crippen LogP contribution in [0.25, 0.3) is 0 Å². The fourth-order valence-corrected chi connectivity index (χ4v) is 1.82. The Morgan fingerprint density at radius 1 is 1.10 bits per heavy atom. The molecule has 0 amide bonds. The molecule has 0 aliphatic carbocycles. The van der Waals surface area contributed by atoms with Crippen LogP contribution in [0.2, 0.25) is 0 Å². The molecular weight excluding hydrogens is 283 g/mol. The number of benzene rings is 2. The standard InChI is InChI=1S/C15H14F3NO2/c1-20-13-7-6-10(8-14(13)21-15(17)18)9-19-12-5-3-2-4-11(12)16/h2-8,15,19H,9H2,1H3. The van der Waals surface area contributed by atoms with Gasteiger partial charge in [-0.05, 0) is 29.8 Å². The van der Waals surface area contributed by atoms with Crippen LogP contribution in [0.15, 0.2) is 42.5 Å². The molecule has 6 heteroatoms. The van der Waals surface area contributed by atoms with Crippen molar-refractivity contribution in [3.05, 3.63) is 53.8 Å². The van der Waals surface area contributed by atoms with Crippen LogP contribution in [0.1, 0.15) is 5.56 Å². The molecule has 3 nitrogen and oxygen atoms in total. The van der Waals surface area contributed by atoms with Gasteiger partial charge in [0.15, 0.2) is 11.5 Å². The zero-order chi connectivity index (χ0) is 15.2. The van der Waals surface area contributed by atoms with Crippen LogP contribution < -0.4 is 14.8 Å². The molecule has 21 heavy (non-hydrogen) atoms. The van der Waals surface area contributed by atoms with Gasteiger partial charge in [-0.15, -0.1) is 0 Å². The lowest BCUT2D eigenvalue weighted by Crippen LogP contribution is -2.06. The van der Waals surface area contributed by atoms with Gasteiger partial charge in [-0.2, -0.15) is 8.78 Å². The number of methoxy groups -OCH3 is 1. The Kier molecular flexibility index (Phi) is 4.92. The molecule has 2 rings (SSSR count). The van der Waals surface area contributed by atoms with E-state index in [1.807, 2.05) is 0 Å². The van der Waals surface area contributed by atoms with E-state index in [4.69, 9.17) is 4.74 Å². The molecule has 0 saturated heterocycles. The molecule has 112 valence electrons. The van der Waals surface area contributed by atoms with E-state index in [1.54, 1.807) is 24.3 Å². The second kappa shape index (κ2) is 6.88. The first-order valence-corrected chi connectivity index (χ1v) is 6.20. The highest BCUT2D eigenvalue weighted by Gasteiger charge is 2.11. The Labute approximate surface area is 120 Å². The Morgan fingerprint density at radius 2 is 1.86 bits per heavy atom. The maximum Gasteiger partial charge on any atom is 0.387 e. The summed E-state index contributed by atoms with van der Waals surface area (Å²) in [6.45, 7) is -2.67. The number of ether oxygens (including phenoxy) is 2. The number of rotatable bonds is 6. The van der Waals surface area contributed by atoms with E-state index in [2.05, 4.69) is 10.1 Å². The van der Waals surface area contributed by atoms with Gasteiger partial charge < -0.3 is 14.8 Å². The van der Waals surface area contributed by atoms with Crippen molar-refractivity contribution in [2.24, 2.45) is 0 Å². The van der Waals surface area contributed by atoms with Gasteiger partial charge >= 0.3 is 6.61 Å². The molecule has 0 fully saturated rings. The third-order valence-corrected chi connectivity index (χ3v) is 2.80. The SMILES string of the molecule is COc1ccc(CNc2ccccc2F)cc1OC(F)F. The van der Waals surface area contributed by atoms with Gasteiger partial charge in [0.25, 0.3) is 0 Å². The molecule has 0 saturated carbocycles. The van der Waals surface area contributed by atoms with Crippen LogP contribution in [0.4, 0.5) is 18.9 Å². The Balaban J connectivity index is 2.12. The fourth-order valence-electron chi connectivity index (χ4n) is 1.82. The lowest BCUT2D eigenvalue weighted by molar-refractivity contribution is -0.0512. The highest BCUT2D eigenvalue weighted by molar-refractivity contribution is 5.47. The van der Waals surface area contributed by atoms with Crippen LogP contribution in [0.3, 0.4) is 0 Å². The molecule has 0 aromatic heterocycles. The summed E-state index contributed by atoms with van der Waals surface area (Å²) in [7, 11) is 1.37. The zero-order valence-corrected chi connectivity index (χ0v) is 11.3. The van der Waals surface area contributed by atoms with E-state index < -0.39 is 6.61 Å². The third-order valence-electron chi connectivity index (χ3n) is 2.80. The minimum absolute atomic E-state index is 0.0552. The summed E-state index contributed by atoms with van der Waals surface area (Å²) in [5.41, 5.74) is 0.999. The average molecular weight is 297 g/mol. The molecular formula is C15H14F3NO2. The van der Waals surface area contributed by atoms with Crippen molar-refractivity contribution >= 4 is 5.69 Å². The van der Waals surface area contributed by atoms with Gasteiger partial charge in [-0.1, -0.05) is 18.2 Å². The lowest BCUT2D eigenvalue weighted by Gasteiger charge is -2.12. The van der Waals surface area contributed by atoms with Crippen LogP contribution in [0, 0.1) is 5.82 Å². The molecule has 2 aromatic carbocycles. The topological polar surface area (TPSA) is 30.5 Å². The lowest BCUT2D eigenvalue weighted by atomic mass is 10.2. The second-order valence-electron chi connectivity index (χ2n) is 4.20. The second-order valence-corrected chi connectivity index (χ2v) is 4.20. The summed E-state index contributed by atoms with van der Waals surface area (Å²) >= 11 is 0. The first-order chi connectivity index (χ1) is 10.1. The Bertz CT molecular complexity index is 605. The van der Waals surface area contributed by atoms with Crippen molar-refractivity contribution in [1.29, 1.82) is 0 Å². The number of halogens is 3. The van der Waals surface area contributed by atoms with Crippen LogP contribution in [-0.4, -0.2) is 13.7 Å². The van der Waals surface area contributed by atoms with Crippen molar-refractivity contribution in [2.75, 3.05) is 12.4 Å². The van der Waals surface area contributed by atoms with Crippen LogP contribution >= 0.6 is 0 Å². The summed E-state index contributed by atoms with van der Waals surface area (Å²) in [5, 5.41) is 2.89. The molecule has 0 spiro atoms. The maximum atomic E-state index is 13.5. The largest absolute Gasteiger partial charge is 0.493 e. The quantitative estimate of drug-likeness (QED) is 0.872. The Morgan fingerprint density at radius 3 is 2.52 bits per heavy atom. The minimum atomic E-state index is -2.94. The fraction of sp³-hybridized carbons (Fsp3) is 0.200. The van der Waals surface area contributed by atoms with Crippen molar-refractivity contribution in [3.63, 3.8) is 0 Å². The van der Waals surface area contributed by atoms with E-state index in [-0.39, 0.29) is 23.9 Å². The van der Waals surface area contributed by atoms with Crippen LogP contribution in [0.5, 0.6) is 11.5 Å². The van der Waals surface area contributed by atoms with Gasteiger partial charge in [-0.25, -0.2) is 4.39 Å². The molecule has 0 atom stereocenters. The van der Waals surface area contributed by atoms with Crippen LogP contribution in [-0.2, 0) is 6.54 Å². The van der Waals surface area contributed by atoms with Crippen molar-refractivity contribution in [1.82, 2.24) is 0 Å². The number of hydrogen-bond donors (Lipinski definition) is 1. The first kappa shape index (κ1) is 15.0. The maximum absolute atomic E-state index is 13.5. The highest BCUT2D eigenvalue weighted by Crippen LogP contribution is 2.29. The molecule has 0 bridgehead atoms. The zero-order valence-electron chi connectivity index (χ0n) is 11.3. The molecule has 0 radical (unpaired) electrons. The molecule has 0 unspecified atom stereocenters. The van der Waals surface area contributed by atoms with Gasteiger partial charge in [-0.3, -0.25) is 0 Å². The molecule has 0 aliphatic rings. The van der Waals surface area contributed by atoms with E-state index in [9.17, 15) is 13.2 Å². The summed E-state index contributed by atoms with van der Waals surface area (Å²) in [4.78, 5) is 0. The van der Waals surface area contributed by atoms with E-state index in [0.717, 1.165) is 0 Å². The van der Waals surface area contributed by atoms with E-state index >= 15 is 0 Å². The summed E-state index contributed by atoms with van der Waals surface area (Å²) in [6, 6.07) is 10.9. The number of para-hydroxylation sites is 1. The third kappa shape index (κ3) is 4.05. The molecule has 2 aromatic rings. The normalized spacial score (nSPS) is 10.5. The Hall–Kier alpha value is -2.37. The highest BCUT2D eigenvalue weighted by atomic mass is 19.3. The number of nitrogens with one attached hydrogen (secondary N) is 1. The van der Waals surface area contributed by atoms with Crippen molar-refractivity contribution in [3.8, 4) is 11.5 Å². The van der Waals surface area contributed by atoms with Gasteiger partial charge in [0.1, 0.15) is 5.82 Å². The minimum Gasteiger partial charge on any atom is -0.493 e. The summed E-state index contributed by atoms with van der Waals surface area (Å²) in [5.74, 6) is -0.222. The van der Waals surface area contributed by atoms with E-state index in [0.29, 0.717) is 11.3 Å². The summed E-state index contributed by atoms with van der Waals surface area (Å²) < 4.78 is 47.5. The molecule has 0 aliphatic heterocycles. The molecule has 1 N–H and O–H groups in total. The number of alkyl halides is 2. The van der Waals surface area contributed by atoms with Gasteiger partial charge in [0, 0.05) is 6.54 Å². The predicted octanol–water partition coefficient (Wildman–Crippen LogP) is 4.05. The smallest absolute Gasteiger partial charge is 0.387 e. The number of anilines is 1. The molecule has 0 heterocycles. The van der Waals surface area contributed by atoms with Crippen molar-refractivity contribution < 1.29 is 22.6 Å².